The van der Waals surface area contributed by atoms with Gasteiger partial charge in [-0.3, -0.25) is 9.88 Å². The van der Waals surface area contributed by atoms with Gasteiger partial charge in [0.1, 0.15) is 6.10 Å². The first-order valence-electron chi connectivity index (χ1n) is 8.65. The number of rotatable bonds is 7. The second-order valence-electron chi connectivity index (χ2n) is 6.10. The molecule has 3 aromatic heterocycles. The van der Waals surface area contributed by atoms with E-state index >= 15 is 0 Å². The summed E-state index contributed by atoms with van der Waals surface area (Å²) in [5.41, 5.74) is 0.824. The number of nitrogens with zero attached hydrogens (tertiary/aromatic N) is 8. The lowest BCUT2D eigenvalue weighted by molar-refractivity contribution is -0.0421. The molecule has 0 radical (unpaired) electrons. The Kier molecular flexibility index (Phi) is 5.42. The summed E-state index contributed by atoms with van der Waals surface area (Å²) in [6, 6.07) is 3.73. The van der Waals surface area contributed by atoms with Crippen molar-refractivity contribution in [3.63, 3.8) is 0 Å². The smallest absolute Gasteiger partial charge is 0.241 e. The fourth-order valence-electron chi connectivity index (χ4n) is 2.90. The highest BCUT2D eigenvalue weighted by Gasteiger charge is 2.27. The van der Waals surface area contributed by atoms with Gasteiger partial charge in [-0.1, -0.05) is 5.16 Å². The third-order valence-electron chi connectivity index (χ3n) is 4.25. The Morgan fingerprint density at radius 3 is 3.19 bits per heavy atom. The zero-order valence-corrected chi connectivity index (χ0v) is 14.9. The number of hydrogen-bond acceptors (Lipinski definition) is 10. The number of morpholine rings is 1. The summed E-state index contributed by atoms with van der Waals surface area (Å²) in [5.74, 6) is 1.78. The molecule has 1 saturated heterocycles. The van der Waals surface area contributed by atoms with Crippen LogP contribution in [0.25, 0.3) is 11.4 Å². The molecule has 1 aliphatic heterocycles. The highest BCUT2D eigenvalue weighted by molar-refractivity contribution is 5.51. The van der Waals surface area contributed by atoms with Crippen molar-refractivity contribution in [2.45, 2.75) is 19.2 Å². The number of ether oxygens (including phenoxy) is 2. The molecule has 0 spiro atoms. The standard InChI is InChI=1S/C16H20N8O3/c1-25-7-6-24-16(19-21-22-24)13-10-23(5-8-26-13)11-14-18-15(20-27-14)12-3-2-4-17-9-12/h2-4,9,13H,5-8,10-11H2,1H3/t13-/m1/s1. The lowest BCUT2D eigenvalue weighted by atomic mass is 10.2. The number of methoxy groups -OCH3 is 1. The van der Waals surface area contributed by atoms with Gasteiger partial charge in [0.05, 0.1) is 26.3 Å². The van der Waals surface area contributed by atoms with Crippen molar-refractivity contribution < 1.29 is 14.0 Å². The Morgan fingerprint density at radius 1 is 1.37 bits per heavy atom. The molecule has 11 nitrogen and oxygen atoms in total. The van der Waals surface area contributed by atoms with Crippen LogP contribution in [0.5, 0.6) is 0 Å². The lowest BCUT2D eigenvalue weighted by Crippen LogP contribution is -2.39. The van der Waals surface area contributed by atoms with Crippen LogP contribution >= 0.6 is 0 Å². The third kappa shape index (κ3) is 4.15. The first kappa shape index (κ1) is 17.6. The van der Waals surface area contributed by atoms with Gasteiger partial charge in [0.2, 0.25) is 11.7 Å². The maximum atomic E-state index is 5.86. The van der Waals surface area contributed by atoms with Gasteiger partial charge in [-0.05, 0) is 22.6 Å². The van der Waals surface area contributed by atoms with Crippen molar-refractivity contribution in [1.29, 1.82) is 0 Å². The largest absolute Gasteiger partial charge is 0.383 e. The van der Waals surface area contributed by atoms with E-state index in [1.807, 2.05) is 12.1 Å². The molecule has 0 aliphatic carbocycles. The van der Waals surface area contributed by atoms with Gasteiger partial charge in [-0.2, -0.15) is 4.98 Å². The van der Waals surface area contributed by atoms with Crippen molar-refractivity contribution in [2.75, 3.05) is 33.4 Å². The second kappa shape index (κ2) is 8.29. The van der Waals surface area contributed by atoms with E-state index in [1.165, 1.54) is 0 Å². The Balaban J connectivity index is 1.41. The predicted octanol–water partition coefficient (Wildman–Crippen LogP) is 0.338. The quantitative estimate of drug-likeness (QED) is 0.574. The fraction of sp³-hybridized carbons (Fsp3) is 0.500. The first-order chi connectivity index (χ1) is 13.3. The lowest BCUT2D eigenvalue weighted by Gasteiger charge is -2.31. The number of pyridine rings is 1. The van der Waals surface area contributed by atoms with Crippen LogP contribution in [0.2, 0.25) is 0 Å². The molecule has 0 bridgehead atoms. The molecule has 3 aromatic rings. The van der Waals surface area contributed by atoms with Gasteiger partial charge in [0.25, 0.3) is 0 Å². The summed E-state index contributed by atoms with van der Waals surface area (Å²) in [5, 5.41) is 15.9. The van der Waals surface area contributed by atoms with E-state index < -0.39 is 0 Å². The van der Waals surface area contributed by atoms with E-state index in [4.69, 9.17) is 14.0 Å². The van der Waals surface area contributed by atoms with Gasteiger partial charge in [0, 0.05) is 38.2 Å². The number of hydrogen-bond donors (Lipinski definition) is 0. The van der Waals surface area contributed by atoms with Gasteiger partial charge in [-0.25, -0.2) is 4.68 Å². The molecule has 0 unspecified atom stereocenters. The van der Waals surface area contributed by atoms with Crippen molar-refractivity contribution in [3.05, 3.63) is 36.2 Å². The highest BCUT2D eigenvalue weighted by atomic mass is 16.5. The molecule has 4 heterocycles. The molecule has 1 atom stereocenters. The fourth-order valence-corrected chi connectivity index (χ4v) is 2.90. The molecular formula is C16H20N8O3. The maximum absolute atomic E-state index is 5.86. The molecule has 0 amide bonds. The summed E-state index contributed by atoms with van der Waals surface area (Å²) in [4.78, 5) is 10.7. The minimum absolute atomic E-state index is 0.216. The average Bonchev–Trinajstić information content (AvgIpc) is 3.37. The first-order valence-corrected chi connectivity index (χ1v) is 8.65. The van der Waals surface area contributed by atoms with Crippen LogP contribution in [0.4, 0.5) is 0 Å². The van der Waals surface area contributed by atoms with E-state index in [9.17, 15) is 0 Å². The zero-order chi connectivity index (χ0) is 18.5. The minimum Gasteiger partial charge on any atom is -0.383 e. The van der Waals surface area contributed by atoms with Crippen molar-refractivity contribution in [2.24, 2.45) is 0 Å². The zero-order valence-electron chi connectivity index (χ0n) is 14.9. The van der Waals surface area contributed by atoms with Crippen LogP contribution < -0.4 is 0 Å². The summed E-state index contributed by atoms with van der Waals surface area (Å²) in [7, 11) is 1.65. The molecular weight excluding hydrogens is 352 g/mol. The van der Waals surface area contributed by atoms with Gasteiger partial charge in [-0.15, -0.1) is 5.10 Å². The van der Waals surface area contributed by atoms with Gasteiger partial charge >= 0.3 is 0 Å². The van der Waals surface area contributed by atoms with E-state index in [0.717, 1.165) is 12.1 Å². The van der Waals surface area contributed by atoms with Crippen LogP contribution in [0, 0.1) is 0 Å². The molecule has 142 valence electrons. The third-order valence-corrected chi connectivity index (χ3v) is 4.25. The summed E-state index contributed by atoms with van der Waals surface area (Å²) < 4.78 is 18.1. The molecule has 1 aliphatic rings. The monoisotopic (exact) mass is 372 g/mol. The molecule has 0 saturated carbocycles. The normalized spacial score (nSPS) is 18.0. The number of aromatic nitrogens is 7. The van der Waals surface area contributed by atoms with Crippen LogP contribution in [0.1, 0.15) is 17.8 Å². The van der Waals surface area contributed by atoms with E-state index in [-0.39, 0.29) is 6.10 Å². The molecule has 1 fully saturated rings. The van der Waals surface area contributed by atoms with E-state index in [0.29, 0.717) is 50.4 Å². The molecule has 4 rings (SSSR count). The average molecular weight is 372 g/mol. The van der Waals surface area contributed by atoms with Crippen LogP contribution in [-0.4, -0.2) is 73.6 Å². The van der Waals surface area contributed by atoms with Crippen molar-refractivity contribution in [3.8, 4) is 11.4 Å². The molecule has 0 aromatic carbocycles. The van der Waals surface area contributed by atoms with Gasteiger partial charge in [0.15, 0.2) is 5.82 Å². The minimum atomic E-state index is -0.216. The Bertz CT molecular complexity index is 852. The van der Waals surface area contributed by atoms with Crippen LogP contribution in [0.15, 0.2) is 29.0 Å². The molecule has 27 heavy (non-hydrogen) atoms. The van der Waals surface area contributed by atoms with E-state index in [1.54, 1.807) is 24.2 Å². The second-order valence-corrected chi connectivity index (χ2v) is 6.10. The SMILES string of the molecule is COCCn1nnnc1[C@H]1CN(Cc2nc(-c3cccnc3)no2)CCO1. The Hall–Kier alpha value is -2.76. The summed E-state index contributed by atoms with van der Waals surface area (Å²) >= 11 is 0. The summed E-state index contributed by atoms with van der Waals surface area (Å²) in [6.07, 6.45) is 3.20. The summed E-state index contributed by atoms with van der Waals surface area (Å²) in [6.45, 7) is 3.63. The predicted molar refractivity (Wildman–Crippen MR) is 91.2 cm³/mol. The Morgan fingerprint density at radius 2 is 2.33 bits per heavy atom. The van der Waals surface area contributed by atoms with E-state index in [2.05, 4.69) is 35.5 Å². The van der Waals surface area contributed by atoms with Gasteiger partial charge < -0.3 is 14.0 Å². The van der Waals surface area contributed by atoms with Crippen molar-refractivity contribution >= 4 is 0 Å². The Labute approximate surface area is 155 Å². The maximum Gasteiger partial charge on any atom is 0.241 e. The van der Waals surface area contributed by atoms with Crippen LogP contribution in [0.3, 0.4) is 0 Å². The number of tetrazole rings is 1. The molecule has 0 N–H and O–H groups in total. The molecule has 11 heteroatoms. The topological polar surface area (TPSA) is 117 Å². The van der Waals surface area contributed by atoms with Crippen LogP contribution in [-0.2, 0) is 22.6 Å². The van der Waals surface area contributed by atoms with Crippen molar-refractivity contribution in [1.82, 2.24) is 40.2 Å². The highest BCUT2D eigenvalue weighted by Crippen LogP contribution is 2.22.